The predicted octanol–water partition coefficient (Wildman–Crippen LogP) is -0.754. The van der Waals surface area contributed by atoms with Crippen molar-refractivity contribution in [2.24, 2.45) is 5.73 Å². The van der Waals surface area contributed by atoms with Gasteiger partial charge in [-0.15, -0.1) is 0 Å². The fourth-order valence-corrected chi connectivity index (χ4v) is 3.15. The Bertz CT molecular complexity index is 472. The second-order valence-electron chi connectivity index (χ2n) is 6.49. The van der Waals surface area contributed by atoms with Gasteiger partial charge in [-0.25, -0.2) is 4.79 Å². The summed E-state index contributed by atoms with van der Waals surface area (Å²) < 4.78 is 0. The molecule has 0 saturated carbocycles. The van der Waals surface area contributed by atoms with E-state index in [-0.39, 0.29) is 30.8 Å². The van der Waals surface area contributed by atoms with Crippen molar-refractivity contribution in [3.8, 4) is 0 Å². The van der Waals surface area contributed by atoms with Crippen molar-refractivity contribution in [1.82, 2.24) is 20.4 Å². The molecule has 2 fully saturated rings. The van der Waals surface area contributed by atoms with E-state index in [1.54, 1.807) is 0 Å². The molecule has 0 aromatic rings. The zero-order valence-electron chi connectivity index (χ0n) is 13.9. The van der Waals surface area contributed by atoms with Crippen molar-refractivity contribution >= 4 is 17.8 Å². The van der Waals surface area contributed by atoms with Crippen molar-refractivity contribution < 1.29 is 14.4 Å². The first-order valence-electron chi connectivity index (χ1n) is 8.24. The molecule has 2 heterocycles. The van der Waals surface area contributed by atoms with Gasteiger partial charge in [-0.2, -0.15) is 0 Å². The highest BCUT2D eigenvalue weighted by atomic mass is 16.2. The number of carbonyl (C=O) groups excluding carboxylic acids is 3. The number of nitrogens with one attached hydrogen (secondary N) is 2. The lowest BCUT2D eigenvalue weighted by Gasteiger charge is -2.39. The van der Waals surface area contributed by atoms with E-state index in [0.717, 1.165) is 13.1 Å². The largest absolute Gasteiger partial charge is 0.355 e. The lowest BCUT2D eigenvalue weighted by molar-refractivity contribution is -0.133. The molecular weight excluding hydrogens is 298 g/mol. The number of imide groups is 1. The first-order chi connectivity index (χ1) is 10.9. The molecule has 4 N–H and O–H groups in total. The van der Waals surface area contributed by atoms with Crippen LogP contribution in [0.15, 0.2) is 0 Å². The molecule has 0 unspecified atom stereocenters. The highest BCUT2D eigenvalue weighted by molar-refractivity contribution is 6.07. The summed E-state index contributed by atoms with van der Waals surface area (Å²) in [4.78, 5) is 39.9. The monoisotopic (exact) mass is 325 g/mol. The van der Waals surface area contributed by atoms with Crippen molar-refractivity contribution in [2.45, 2.75) is 44.7 Å². The van der Waals surface area contributed by atoms with E-state index in [1.807, 2.05) is 0 Å². The van der Waals surface area contributed by atoms with Crippen molar-refractivity contribution in [3.63, 3.8) is 0 Å². The molecule has 2 rings (SSSR count). The van der Waals surface area contributed by atoms with Gasteiger partial charge in [0.05, 0.1) is 0 Å². The van der Waals surface area contributed by atoms with Crippen LogP contribution in [0.25, 0.3) is 0 Å². The lowest BCUT2D eigenvalue weighted by Crippen LogP contribution is -2.56. The number of likely N-dealkylation sites (tertiary alicyclic amines) is 1. The Labute approximate surface area is 136 Å². The summed E-state index contributed by atoms with van der Waals surface area (Å²) in [6.07, 6.45) is 1.34. The maximum Gasteiger partial charge on any atom is 0.325 e. The normalized spacial score (nSPS) is 21.1. The Morgan fingerprint density at radius 2 is 2.00 bits per heavy atom. The van der Waals surface area contributed by atoms with E-state index in [2.05, 4.69) is 29.4 Å². The van der Waals surface area contributed by atoms with Gasteiger partial charge >= 0.3 is 6.03 Å². The molecule has 8 heteroatoms. The van der Waals surface area contributed by atoms with Crippen LogP contribution in [0.2, 0.25) is 0 Å². The molecule has 0 aliphatic carbocycles. The third-order valence-electron chi connectivity index (χ3n) is 4.66. The molecule has 0 bridgehead atoms. The fraction of sp³-hybridized carbons (Fsp3) is 0.800. The number of rotatable bonds is 6. The molecule has 8 nitrogen and oxygen atoms in total. The molecule has 2 aliphatic rings. The molecule has 0 radical (unpaired) electrons. The summed E-state index contributed by atoms with van der Waals surface area (Å²) in [6.45, 7) is 6.69. The molecule has 0 aromatic heterocycles. The molecule has 130 valence electrons. The minimum atomic E-state index is -0.782. The number of piperidine rings is 1. The van der Waals surface area contributed by atoms with Crippen LogP contribution in [-0.2, 0) is 9.59 Å². The molecule has 1 spiro atoms. The molecule has 0 aromatic carbocycles. The zero-order chi connectivity index (χ0) is 17.0. The van der Waals surface area contributed by atoms with Crippen LogP contribution in [0.1, 0.15) is 33.1 Å². The van der Waals surface area contributed by atoms with E-state index in [0.29, 0.717) is 32.0 Å². The minimum absolute atomic E-state index is 0.105. The maximum atomic E-state index is 12.7. The number of nitrogens with zero attached hydrogens (tertiary/aromatic N) is 2. The summed E-state index contributed by atoms with van der Waals surface area (Å²) >= 11 is 0. The number of hydrogen-bond acceptors (Lipinski definition) is 5. The fourth-order valence-electron chi connectivity index (χ4n) is 3.15. The number of amides is 4. The Morgan fingerprint density at radius 1 is 1.35 bits per heavy atom. The average molecular weight is 325 g/mol. The van der Waals surface area contributed by atoms with E-state index in [9.17, 15) is 14.4 Å². The number of carbonyl (C=O) groups is 3. The van der Waals surface area contributed by atoms with Crippen LogP contribution in [0, 0.1) is 0 Å². The predicted molar refractivity (Wildman–Crippen MR) is 85.6 cm³/mol. The Kier molecular flexibility index (Phi) is 5.59. The van der Waals surface area contributed by atoms with Gasteiger partial charge in [-0.05, 0) is 26.7 Å². The number of urea groups is 1. The van der Waals surface area contributed by atoms with Crippen LogP contribution in [0.5, 0.6) is 0 Å². The van der Waals surface area contributed by atoms with Gasteiger partial charge in [0, 0.05) is 45.2 Å². The summed E-state index contributed by atoms with van der Waals surface area (Å²) in [6, 6.07) is 0.0431. The smallest absolute Gasteiger partial charge is 0.325 e. The summed E-state index contributed by atoms with van der Waals surface area (Å²) in [7, 11) is 0. The maximum absolute atomic E-state index is 12.7. The average Bonchev–Trinajstić information content (AvgIpc) is 2.74. The SMILES string of the molecule is CC(C)N1CCC2(CC1)NC(=O)N(CCC(=O)NCCN)C2=O. The second-order valence-corrected chi connectivity index (χ2v) is 6.49. The van der Waals surface area contributed by atoms with Gasteiger partial charge in [0.1, 0.15) is 5.54 Å². The summed E-state index contributed by atoms with van der Waals surface area (Å²) in [5, 5.41) is 5.49. The lowest BCUT2D eigenvalue weighted by atomic mass is 9.87. The van der Waals surface area contributed by atoms with Crippen molar-refractivity contribution in [3.05, 3.63) is 0 Å². The molecule has 23 heavy (non-hydrogen) atoms. The Balaban J connectivity index is 1.91. The molecule has 0 atom stereocenters. The highest BCUT2D eigenvalue weighted by Crippen LogP contribution is 2.30. The van der Waals surface area contributed by atoms with Crippen LogP contribution in [0.3, 0.4) is 0 Å². The number of hydrogen-bond donors (Lipinski definition) is 3. The van der Waals surface area contributed by atoms with Gasteiger partial charge in [0.25, 0.3) is 5.91 Å². The molecule has 2 saturated heterocycles. The van der Waals surface area contributed by atoms with E-state index in [4.69, 9.17) is 5.73 Å². The summed E-state index contributed by atoms with van der Waals surface area (Å²) in [5.41, 5.74) is 4.54. The van der Waals surface area contributed by atoms with E-state index < -0.39 is 5.54 Å². The Hall–Kier alpha value is -1.67. The second kappa shape index (κ2) is 7.27. The van der Waals surface area contributed by atoms with Crippen molar-refractivity contribution in [1.29, 1.82) is 0 Å². The van der Waals surface area contributed by atoms with Crippen LogP contribution >= 0.6 is 0 Å². The van der Waals surface area contributed by atoms with Crippen LogP contribution in [-0.4, -0.2) is 71.9 Å². The zero-order valence-corrected chi connectivity index (χ0v) is 13.9. The van der Waals surface area contributed by atoms with Gasteiger partial charge in [0.15, 0.2) is 0 Å². The highest BCUT2D eigenvalue weighted by Gasteiger charge is 2.52. The van der Waals surface area contributed by atoms with Crippen LogP contribution in [0.4, 0.5) is 4.79 Å². The van der Waals surface area contributed by atoms with Gasteiger partial charge in [-0.3, -0.25) is 14.5 Å². The third-order valence-corrected chi connectivity index (χ3v) is 4.66. The molecule has 4 amide bonds. The minimum Gasteiger partial charge on any atom is -0.355 e. The first kappa shape index (κ1) is 17.7. The molecule has 2 aliphatic heterocycles. The van der Waals surface area contributed by atoms with Gasteiger partial charge in [0.2, 0.25) is 5.91 Å². The first-order valence-corrected chi connectivity index (χ1v) is 8.24. The van der Waals surface area contributed by atoms with E-state index >= 15 is 0 Å². The summed E-state index contributed by atoms with van der Waals surface area (Å²) in [5.74, 6) is -0.399. The number of nitrogens with two attached hydrogens (primary N) is 1. The third kappa shape index (κ3) is 3.81. The standard InChI is InChI=1S/C15H27N5O3/c1-11(2)19-9-4-15(5-10-19)13(22)20(14(23)18-15)8-3-12(21)17-7-6-16/h11H,3-10,16H2,1-2H3,(H,17,21)(H,18,23). The quantitative estimate of drug-likeness (QED) is 0.557. The van der Waals surface area contributed by atoms with Crippen molar-refractivity contribution in [2.75, 3.05) is 32.7 Å². The van der Waals surface area contributed by atoms with Gasteiger partial charge in [-0.1, -0.05) is 0 Å². The van der Waals surface area contributed by atoms with E-state index in [1.165, 1.54) is 4.90 Å². The van der Waals surface area contributed by atoms with Gasteiger partial charge < -0.3 is 21.3 Å². The topological polar surface area (TPSA) is 108 Å². The van der Waals surface area contributed by atoms with Crippen LogP contribution < -0.4 is 16.4 Å². The Morgan fingerprint density at radius 3 is 2.57 bits per heavy atom. The molecular formula is C15H27N5O3.